The van der Waals surface area contributed by atoms with Crippen LogP contribution in [0, 0.1) is 6.92 Å². The van der Waals surface area contributed by atoms with Crippen molar-refractivity contribution >= 4 is 21.4 Å². The number of thiophene rings is 1. The quantitative estimate of drug-likeness (QED) is 0.620. The summed E-state index contributed by atoms with van der Waals surface area (Å²) in [7, 11) is 0. The molecule has 0 N–H and O–H groups in total. The van der Waals surface area contributed by atoms with Crippen LogP contribution in [0.4, 0.5) is 0 Å². The second-order valence-corrected chi connectivity index (χ2v) is 3.95. The molecule has 0 radical (unpaired) electrons. The Hall–Kier alpha value is -0.820. The highest BCUT2D eigenvalue weighted by Crippen LogP contribution is 2.28. The predicted molar refractivity (Wildman–Crippen MR) is 55.9 cm³/mol. The average molecular weight is 176 g/mol. The zero-order valence-electron chi connectivity index (χ0n) is 7.42. The van der Waals surface area contributed by atoms with E-state index in [1.165, 1.54) is 21.2 Å². The number of benzene rings is 1. The molecule has 0 aliphatic rings. The van der Waals surface area contributed by atoms with Crippen LogP contribution in [0.2, 0.25) is 0 Å². The third-order valence-electron chi connectivity index (χ3n) is 2.26. The summed E-state index contributed by atoms with van der Waals surface area (Å²) in [6, 6.07) is 6.54. The highest BCUT2D eigenvalue weighted by Gasteiger charge is 2.02. The molecule has 0 saturated carbocycles. The lowest BCUT2D eigenvalue weighted by Crippen LogP contribution is -1.76. The van der Waals surface area contributed by atoms with E-state index in [0.29, 0.717) is 0 Å². The fraction of sp³-hybridized carbons (Fsp3) is 0.273. The number of rotatable bonds is 1. The molecule has 2 aromatic rings. The van der Waals surface area contributed by atoms with Gasteiger partial charge in [0, 0.05) is 4.70 Å². The van der Waals surface area contributed by atoms with Gasteiger partial charge in [-0.05, 0) is 35.2 Å². The zero-order chi connectivity index (χ0) is 8.55. The van der Waals surface area contributed by atoms with E-state index < -0.39 is 0 Å². The van der Waals surface area contributed by atoms with Crippen molar-refractivity contribution in [2.75, 3.05) is 0 Å². The first-order valence-corrected chi connectivity index (χ1v) is 5.16. The van der Waals surface area contributed by atoms with E-state index in [2.05, 4.69) is 37.4 Å². The SMILES string of the molecule is CCc1csc2c(C)cccc12. The molecule has 1 aromatic heterocycles. The molecule has 0 saturated heterocycles. The summed E-state index contributed by atoms with van der Waals surface area (Å²) in [5.74, 6) is 0. The first kappa shape index (κ1) is 7.81. The van der Waals surface area contributed by atoms with E-state index in [-0.39, 0.29) is 0 Å². The van der Waals surface area contributed by atoms with Gasteiger partial charge in [0.05, 0.1) is 0 Å². The van der Waals surface area contributed by atoms with Crippen LogP contribution in [0.25, 0.3) is 10.1 Å². The molecule has 1 heterocycles. The summed E-state index contributed by atoms with van der Waals surface area (Å²) in [4.78, 5) is 0. The van der Waals surface area contributed by atoms with Crippen LogP contribution < -0.4 is 0 Å². The van der Waals surface area contributed by atoms with Crippen molar-refractivity contribution < 1.29 is 0 Å². The Labute approximate surface area is 76.8 Å². The van der Waals surface area contributed by atoms with Crippen molar-refractivity contribution in [3.8, 4) is 0 Å². The molecular formula is C11H12S. The van der Waals surface area contributed by atoms with Gasteiger partial charge in [-0.2, -0.15) is 0 Å². The monoisotopic (exact) mass is 176 g/mol. The van der Waals surface area contributed by atoms with Gasteiger partial charge in [-0.3, -0.25) is 0 Å². The molecule has 62 valence electrons. The molecule has 12 heavy (non-hydrogen) atoms. The van der Waals surface area contributed by atoms with Gasteiger partial charge in [0.25, 0.3) is 0 Å². The van der Waals surface area contributed by atoms with Gasteiger partial charge in [0.15, 0.2) is 0 Å². The molecule has 1 heteroatoms. The maximum atomic E-state index is 2.28. The van der Waals surface area contributed by atoms with Crippen molar-refractivity contribution in [2.24, 2.45) is 0 Å². The second-order valence-electron chi connectivity index (χ2n) is 3.07. The first-order chi connectivity index (χ1) is 5.83. The van der Waals surface area contributed by atoms with Crippen LogP contribution >= 0.6 is 11.3 Å². The van der Waals surface area contributed by atoms with Gasteiger partial charge in [0.1, 0.15) is 0 Å². The van der Waals surface area contributed by atoms with Crippen LogP contribution in [-0.4, -0.2) is 0 Å². The smallest absolute Gasteiger partial charge is 0.0374 e. The summed E-state index contributed by atoms with van der Waals surface area (Å²) >= 11 is 1.87. The van der Waals surface area contributed by atoms with Gasteiger partial charge in [-0.15, -0.1) is 11.3 Å². The number of fused-ring (bicyclic) bond motifs is 1. The molecule has 0 spiro atoms. The lowest BCUT2D eigenvalue weighted by atomic mass is 10.1. The summed E-state index contributed by atoms with van der Waals surface area (Å²) in [5, 5.41) is 3.72. The van der Waals surface area contributed by atoms with Crippen molar-refractivity contribution in [1.29, 1.82) is 0 Å². The maximum Gasteiger partial charge on any atom is 0.0374 e. The van der Waals surface area contributed by atoms with Crippen molar-refractivity contribution in [1.82, 2.24) is 0 Å². The first-order valence-electron chi connectivity index (χ1n) is 4.28. The van der Waals surface area contributed by atoms with E-state index in [1.807, 2.05) is 11.3 Å². The zero-order valence-corrected chi connectivity index (χ0v) is 8.24. The highest BCUT2D eigenvalue weighted by molar-refractivity contribution is 7.17. The molecule has 0 nitrogen and oxygen atoms in total. The minimum Gasteiger partial charge on any atom is -0.143 e. The van der Waals surface area contributed by atoms with Gasteiger partial charge in [-0.25, -0.2) is 0 Å². The fourth-order valence-electron chi connectivity index (χ4n) is 1.53. The molecule has 1 aromatic carbocycles. The summed E-state index contributed by atoms with van der Waals surface area (Å²) in [6.07, 6.45) is 1.14. The van der Waals surface area contributed by atoms with Crippen LogP contribution in [0.15, 0.2) is 23.6 Å². The van der Waals surface area contributed by atoms with Gasteiger partial charge < -0.3 is 0 Å². The van der Waals surface area contributed by atoms with Crippen LogP contribution in [0.3, 0.4) is 0 Å². The van der Waals surface area contributed by atoms with Crippen molar-refractivity contribution in [2.45, 2.75) is 20.3 Å². The molecular weight excluding hydrogens is 164 g/mol. The number of hydrogen-bond donors (Lipinski definition) is 0. The number of hydrogen-bond acceptors (Lipinski definition) is 1. The van der Waals surface area contributed by atoms with Crippen molar-refractivity contribution in [3.63, 3.8) is 0 Å². The normalized spacial score (nSPS) is 10.8. The largest absolute Gasteiger partial charge is 0.143 e. The van der Waals surface area contributed by atoms with Gasteiger partial charge in [-0.1, -0.05) is 25.1 Å². The lowest BCUT2D eigenvalue weighted by Gasteiger charge is -1.95. The third-order valence-corrected chi connectivity index (χ3v) is 3.44. The van der Waals surface area contributed by atoms with Crippen molar-refractivity contribution in [3.05, 3.63) is 34.7 Å². The molecule has 0 aliphatic carbocycles. The number of aryl methyl sites for hydroxylation is 2. The van der Waals surface area contributed by atoms with E-state index in [0.717, 1.165) is 6.42 Å². The average Bonchev–Trinajstić information content (AvgIpc) is 2.49. The standard InChI is InChI=1S/C11H12S/c1-3-9-7-12-11-8(2)5-4-6-10(9)11/h4-7H,3H2,1-2H3. The predicted octanol–water partition coefficient (Wildman–Crippen LogP) is 3.77. The Balaban J connectivity index is 2.80. The molecule has 0 aliphatic heterocycles. The summed E-state index contributed by atoms with van der Waals surface area (Å²) in [6.45, 7) is 4.39. The maximum absolute atomic E-state index is 2.28. The molecule has 0 bridgehead atoms. The minimum atomic E-state index is 1.14. The summed E-state index contributed by atoms with van der Waals surface area (Å²) in [5.41, 5.74) is 2.89. The third kappa shape index (κ3) is 1.05. The van der Waals surface area contributed by atoms with E-state index in [4.69, 9.17) is 0 Å². The Kier molecular flexibility index (Phi) is 1.89. The van der Waals surface area contributed by atoms with Crippen LogP contribution in [0.1, 0.15) is 18.1 Å². The van der Waals surface area contributed by atoms with E-state index in [9.17, 15) is 0 Å². The van der Waals surface area contributed by atoms with Gasteiger partial charge in [0.2, 0.25) is 0 Å². The second kappa shape index (κ2) is 2.91. The molecule has 0 atom stereocenters. The lowest BCUT2D eigenvalue weighted by molar-refractivity contribution is 1.17. The summed E-state index contributed by atoms with van der Waals surface area (Å²) < 4.78 is 1.45. The topological polar surface area (TPSA) is 0 Å². The molecule has 2 rings (SSSR count). The fourth-order valence-corrected chi connectivity index (χ4v) is 2.66. The molecule has 0 unspecified atom stereocenters. The van der Waals surface area contributed by atoms with E-state index >= 15 is 0 Å². The highest BCUT2D eigenvalue weighted by atomic mass is 32.1. The van der Waals surface area contributed by atoms with Crippen LogP contribution in [-0.2, 0) is 6.42 Å². The Morgan fingerprint density at radius 1 is 1.33 bits per heavy atom. The minimum absolute atomic E-state index is 1.14. The Bertz CT molecular complexity index is 398. The molecule has 0 fully saturated rings. The Morgan fingerprint density at radius 2 is 2.17 bits per heavy atom. The van der Waals surface area contributed by atoms with E-state index in [1.54, 1.807) is 0 Å². The van der Waals surface area contributed by atoms with Gasteiger partial charge >= 0.3 is 0 Å². The van der Waals surface area contributed by atoms with Crippen LogP contribution in [0.5, 0.6) is 0 Å². The Morgan fingerprint density at radius 3 is 2.92 bits per heavy atom. The molecule has 0 amide bonds.